The minimum Gasteiger partial charge on any atom is -0.493 e. The van der Waals surface area contributed by atoms with Gasteiger partial charge in [-0.1, -0.05) is 18.2 Å². The van der Waals surface area contributed by atoms with E-state index in [2.05, 4.69) is 5.10 Å². The normalized spacial score (nSPS) is 10.7. The number of carbonyl (C=O) groups is 2. The van der Waals surface area contributed by atoms with Crippen molar-refractivity contribution in [1.82, 2.24) is 9.78 Å². The van der Waals surface area contributed by atoms with Crippen molar-refractivity contribution in [2.24, 2.45) is 7.05 Å². The Morgan fingerprint density at radius 1 is 1.11 bits per heavy atom. The maximum atomic E-state index is 12.7. The molecule has 0 radical (unpaired) electrons. The van der Waals surface area contributed by atoms with E-state index in [1.807, 2.05) is 6.92 Å². The van der Waals surface area contributed by atoms with Crippen LogP contribution in [-0.4, -0.2) is 28.1 Å². The van der Waals surface area contributed by atoms with Gasteiger partial charge >= 0.3 is 5.97 Å². The topological polar surface area (TPSA) is 87.5 Å². The molecular weight excluding hydrogens is 360 g/mol. The second-order valence-corrected chi connectivity index (χ2v) is 6.21. The standard InChI is InChI=1S/C21H20N2O5/c1-4-27-18-10-9-14(13(2)24)11-15(18)12-28-21(26)19-16-7-5-6-8-17(16)20(25)23(3)22-19/h5-11H,4,12H2,1-3H3. The third-order valence-electron chi connectivity index (χ3n) is 4.28. The minimum atomic E-state index is -0.664. The average molecular weight is 380 g/mol. The van der Waals surface area contributed by atoms with E-state index in [-0.39, 0.29) is 23.6 Å². The Kier molecular flexibility index (Phi) is 5.54. The molecule has 28 heavy (non-hydrogen) atoms. The first kappa shape index (κ1) is 19.3. The van der Waals surface area contributed by atoms with Gasteiger partial charge < -0.3 is 9.47 Å². The van der Waals surface area contributed by atoms with Gasteiger partial charge in [0.2, 0.25) is 0 Å². The number of hydrogen-bond donors (Lipinski definition) is 0. The Hall–Kier alpha value is -3.48. The molecule has 7 heteroatoms. The number of benzene rings is 2. The van der Waals surface area contributed by atoms with Gasteiger partial charge in [-0.25, -0.2) is 9.48 Å². The van der Waals surface area contributed by atoms with Gasteiger partial charge in [0, 0.05) is 23.6 Å². The van der Waals surface area contributed by atoms with Gasteiger partial charge in [-0.05, 0) is 38.1 Å². The highest BCUT2D eigenvalue weighted by atomic mass is 16.5. The summed E-state index contributed by atoms with van der Waals surface area (Å²) < 4.78 is 12.1. The maximum absolute atomic E-state index is 12.7. The van der Waals surface area contributed by atoms with Crippen molar-refractivity contribution >= 4 is 22.5 Å². The van der Waals surface area contributed by atoms with Gasteiger partial charge in [0.15, 0.2) is 11.5 Å². The summed E-state index contributed by atoms with van der Waals surface area (Å²) in [6.45, 7) is 3.66. The largest absolute Gasteiger partial charge is 0.493 e. The number of ketones is 1. The number of rotatable bonds is 6. The van der Waals surface area contributed by atoms with E-state index in [0.717, 1.165) is 4.68 Å². The fourth-order valence-corrected chi connectivity index (χ4v) is 2.87. The zero-order chi connectivity index (χ0) is 20.3. The molecule has 7 nitrogen and oxygen atoms in total. The Bertz CT molecular complexity index is 1120. The van der Waals surface area contributed by atoms with Crippen molar-refractivity contribution < 1.29 is 19.1 Å². The van der Waals surface area contributed by atoms with Crippen LogP contribution in [0.3, 0.4) is 0 Å². The number of aryl methyl sites for hydroxylation is 1. The summed E-state index contributed by atoms with van der Waals surface area (Å²) in [5.74, 6) is -0.220. The summed E-state index contributed by atoms with van der Waals surface area (Å²) in [5.41, 5.74) is 0.843. The molecule has 1 aromatic heterocycles. The lowest BCUT2D eigenvalue weighted by molar-refractivity contribution is 0.0462. The molecule has 0 aliphatic heterocycles. The number of ether oxygens (including phenoxy) is 2. The lowest BCUT2D eigenvalue weighted by atomic mass is 10.1. The van der Waals surface area contributed by atoms with Crippen molar-refractivity contribution in [3.8, 4) is 5.75 Å². The third kappa shape index (κ3) is 3.78. The van der Waals surface area contributed by atoms with Crippen molar-refractivity contribution in [2.45, 2.75) is 20.5 Å². The van der Waals surface area contributed by atoms with E-state index in [1.165, 1.54) is 14.0 Å². The Labute approximate surface area is 161 Å². The van der Waals surface area contributed by atoms with Crippen LogP contribution in [0.5, 0.6) is 5.75 Å². The monoisotopic (exact) mass is 380 g/mol. The molecule has 0 saturated heterocycles. The molecule has 0 bridgehead atoms. The predicted octanol–water partition coefficient (Wildman–Crippen LogP) is 2.89. The summed E-state index contributed by atoms with van der Waals surface area (Å²) in [5, 5.41) is 4.88. The van der Waals surface area contributed by atoms with E-state index in [0.29, 0.717) is 34.3 Å². The van der Waals surface area contributed by atoms with E-state index in [1.54, 1.807) is 42.5 Å². The number of esters is 1. The summed E-state index contributed by atoms with van der Waals surface area (Å²) >= 11 is 0. The predicted molar refractivity (Wildman–Crippen MR) is 104 cm³/mol. The number of Topliss-reactive ketones (excluding diaryl/α,β-unsaturated/α-hetero) is 1. The van der Waals surface area contributed by atoms with Gasteiger partial charge in [0.05, 0.1) is 12.0 Å². The van der Waals surface area contributed by atoms with Crippen LogP contribution >= 0.6 is 0 Å². The fraction of sp³-hybridized carbons (Fsp3) is 0.238. The molecule has 0 fully saturated rings. The first-order chi connectivity index (χ1) is 13.4. The number of hydrogen-bond acceptors (Lipinski definition) is 6. The van der Waals surface area contributed by atoms with Gasteiger partial charge in [0.25, 0.3) is 5.56 Å². The summed E-state index contributed by atoms with van der Waals surface area (Å²) in [6.07, 6.45) is 0. The lowest BCUT2D eigenvalue weighted by Crippen LogP contribution is -2.23. The molecule has 0 aliphatic carbocycles. The molecule has 0 unspecified atom stereocenters. The van der Waals surface area contributed by atoms with Crippen molar-refractivity contribution in [1.29, 1.82) is 0 Å². The van der Waals surface area contributed by atoms with Crippen LogP contribution in [0.15, 0.2) is 47.3 Å². The van der Waals surface area contributed by atoms with Gasteiger partial charge in [-0.3, -0.25) is 9.59 Å². The van der Waals surface area contributed by atoms with Crippen LogP contribution in [-0.2, 0) is 18.4 Å². The maximum Gasteiger partial charge on any atom is 0.359 e. The van der Waals surface area contributed by atoms with Crippen LogP contribution in [0.2, 0.25) is 0 Å². The van der Waals surface area contributed by atoms with Gasteiger partial charge in [-0.2, -0.15) is 5.10 Å². The fourth-order valence-electron chi connectivity index (χ4n) is 2.87. The molecule has 0 spiro atoms. The van der Waals surface area contributed by atoms with Crippen LogP contribution in [0, 0.1) is 0 Å². The zero-order valence-corrected chi connectivity index (χ0v) is 15.9. The van der Waals surface area contributed by atoms with Crippen LogP contribution < -0.4 is 10.3 Å². The number of aromatic nitrogens is 2. The molecule has 3 rings (SSSR count). The van der Waals surface area contributed by atoms with E-state index < -0.39 is 5.97 Å². The summed E-state index contributed by atoms with van der Waals surface area (Å²) in [7, 11) is 1.48. The molecule has 3 aromatic rings. The molecular formula is C21H20N2O5. The highest BCUT2D eigenvalue weighted by Gasteiger charge is 2.18. The molecule has 0 aliphatic rings. The van der Waals surface area contributed by atoms with E-state index in [4.69, 9.17) is 9.47 Å². The third-order valence-corrected chi connectivity index (χ3v) is 4.28. The molecule has 0 atom stereocenters. The SMILES string of the molecule is CCOc1ccc(C(C)=O)cc1COC(=O)c1nn(C)c(=O)c2ccccc12. The average Bonchev–Trinajstić information content (AvgIpc) is 2.69. The lowest BCUT2D eigenvalue weighted by Gasteiger charge is -2.12. The van der Waals surface area contributed by atoms with E-state index >= 15 is 0 Å². The summed E-state index contributed by atoms with van der Waals surface area (Å²) in [4.78, 5) is 36.5. The molecule has 1 heterocycles. The van der Waals surface area contributed by atoms with Crippen molar-refractivity contribution in [3.05, 3.63) is 69.6 Å². The Morgan fingerprint density at radius 3 is 2.50 bits per heavy atom. The number of fused-ring (bicyclic) bond motifs is 1. The molecule has 0 amide bonds. The van der Waals surface area contributed by atoms with Crippen LogP contribution in [0.4, 0.5) is 0 Å². The molecule has 144 valence electrons. The smallest absolute Gasteiger partial charge is 0.359 e. The minimum absolute atomic E-state index is 0.0541. The Balaban J connectivity index is 1.92. The second-order valence-electron chi connectivity index (χ2n) is 6.21. The van der Waals surface area contributed by atoms with Gasteiger partial charge in [-0.15, -0.1) is 0 Å². The zero-order valence-electron chi connectivity index (χ0n) is 15.9. The van der Waals surface area contributed by atoms with Crippen molar-refractivity contribution in [3.63, 3.8) is 0 Å². The van der Waals surface area contributed by atoms with E-state index in [9.17, 15) is 14.4 Å². The van der Waals surface area contributed by atoms with Crippen LogP contribution in [0.1, 0.15) is 40.3 Å². The second kappa shape index (κ2) is 8.04. The number of nitrogens with zero attached hydrogens (tertiary/aromatic N) is 2. The first-order valence-corrected chi connectivity index (χ1v) is 8.82. The molecule has 2 aromatic carbocycles. The van der Waals surface area contributed by atoms with Crippen molar-refractivity contribution in [2.75, 3.05) is 6.61 Å². The van der Waals surface area contributed by atoms with Crippen LogP contribution in [0.25, 0.3) is 10.8 Å². The number of carbonyl (C=O) groups excluding carboxylic acids is 2. The highest BCUT2D eigenvalue weighted by Crippen LogP contribution is 2.23. The van der Waals surface area contributed by atoms with Gasteiger partial charge in [0.1, 0.15) is 12.4 Å². The highest BCUT2D eigenvalue weighted by molar-refractivity contribution is 6.02. The molecule has 0 N–H and O–H groups in total. The quantitative estimate of drug-likeness (QED) is 0.483. The molecule has 0 saturated carbocycles. The summed E-state index contributed by atoms with van der Waals surface area (Å²) in [6, 6.07) is 11.7. The Morgan fingerprint density at radius 2 is 1.82 bits per heavy atom. The first-order valence-electron chi connectivity index (χ1n) is 8.82.